The fourth-order valence-electron chi connectivity index (χ4n) is 1.34. The molecule has 3 nitrogen and oxygen atoms in total. The number of hydrogen-bond acceptors (Lipinski definition) is 3. The molecule has 0 aromatic rings. The second-order valence-electron chi connectivity index (χ2n) is 4.65. The van der Waals surface area contributed by atoms with Crippen molar-refractivity contribution in [2.75, 3.05) is 14.2 Å². The maximum Gasteiger partial charge on any atom is 0.309 e. The Morgan fingerprint density at radius 2 is 1.94 bits per heavy atom. The van der Waals surface area contributed by atoms with Crippen molar-refractivity contribution in [2.24, 2.45) is 0 Å². The van der Waals surface area contributed by atoms with Gasteiger partial charge in [0.05, 0.1) is 19.1 Å². The van der Waals surface area contributed by atoms with E-state index in [2.05, 4.69) is 18.6 Å². The zero-order chi connectivity index (χ0) is 12.6. The van der Waals surface area contributed by atoms with Gasteiger partial charge in [-0.25, -0.2) is 0 Å². The van der Waals surface area contributed by atoms with Crippen LogP contribution in [0.25, 0.3) is 0 Å². The molecule has 0 bridgehead atoms. The molecule has 16 heavy (non-hydrogen) atoms. The molecule has 0 spiro atoms. The van der Waals surface area contributed by atoms with E-state index >= 15 is 0 Å². The maximum atomic E-state index is 10.9. The molecule has 0 atom stereocenters. The van der Waals surface area contributed by atoms with Crippen molar-refractivity contribution in [1.82, 2.24) is 0 Å². The van der Waals surface area contributed by atoms with Crippen molar-refractivity contribution >= 4 is 5.97 Å². The lowest BCUT2D eigenvalue weighted by Gasteiger charge is -2.22. The van der Waals surface area contributed by atoms with Gasteiger partial charge in [0.25, 0.3) is 0 Å². The van der Waals surface area contributed by atoms with Gasteiger partial charge in [-0.2, -0.15) is 0 Å². The first-order valence-electron chi connectivity index (χ1n) is 5.69. The molecule has 0 unspecified atom stereocenters. The number of carbonyl (C=O) groups is 1. The van der Waals surface area contributed by atoms with Crippen LogP contribution in [0.5, 0.6) is 0 Å². The summed E-state index contributed by atoms with van der Waals surface area (Å²) < 4.78 is 9.91. The Hall–Kier alpha value is -0.830. The first-order valence-corrected chi connectivity index (χ1v) is 5.69. The maximum absolute atomic E-state index is 10.9. The van der Waals surface area contributed by atoms with Gasteiger partial charge < -0.3 is 9.47 Å². The van der Waals surface area contributed by atoms with E-state index in [0.717, 1.165) is 19.3 Å². The second-order valence-corrected chi connectivity index (χ2v) is 4.65. The Labute approximate surface area is 98.8 Å². The Kier molecular flexibility index (Phi) is 7.06. The van der Waals surface area contributed by atoms with Crippen LogP contribution >= 0.6 is 0 Å². The molecule has 0 N–H and O–H groups in total. The van der Waals surface area contributed by atoms with E-state index in [4.69, 9.17) is 4.74 Å². The monoisotopic (exact) mass is 228 g/mol. The summed E-state index contributed by atoms with van der Waals surface area (Å²) in [6.07, 6.45) is 5.41. The minimum atomic E-state index is -0.184. The van der Waals surface area contributed by atoms with Crippen LogP contribution in [-0.2, 0) is 14.3 Å². The Balaban J connectivity index is 3.81. The van der Waals surface area contributed by atoms with Crippen LogP contribution in [0.3, 0.4) is 0 Å². The van der Waals surface area contributed by atoms with Crippen molar-refractivity contribution in [3.05, 3.63) is 11.6 Å². The number of ether oxygens (including phenoxy) is 2. The standard InChI is InChI=1S/C13H24O3/c1-11(8-9-12(14)15-4)7-6-10-13(2,3)16-5/h8H,6-7,9-10H2,1-5H3/b11-8+. The first kappa shape index (κ1) is 15.2. The highest BCUT2D eigenvalue weighted by molar-refractivity contribution is 5.71. The molecule has 3 heteroatoms. The highest BCUT2D eigenvalue weighted by Gasteiger charge is 2.15. The van der Waals surface area contributed by atoms with Crippen molar-refractivity contribution in [3.8, 4) is 0 Å². The van der Waals surface area contributed by atoms with E-state index in [0.29, 0.717) is 6.42 Å². The fourth-order valence-corrected chi connectivity index (χ4v) is 1.34. The van der Waals surface area contributed by atoms with Crippen LogP contribution in [0.4, 0.5) is 0 Å². The van der Waals surface area contributed by atoms with Gasteiger partial charge in [-0.3, -0.25) is 4.79 Å². The number of methoxy groups -OCH3 is 2. The van der Waals surface area contributed by atoms with Gasteiger partial charge >= 0.3 is 5.97 Å². The van der Waals surface area contributed by atoms with Gasteiger partial charge in [-0.05, 0) is 40.0 Å². The Morgan fingerprint density at radius 3 is 2.44 bits per heavy atom. The van der Waals surface area contributed by atoms with Gasteiger partial charge in [0.15, 0.2) is 0 Å². The number of rotatable bonds is 7. The van der Waals surface area contributed by atoms with Gasteiger partial charge in [0, 0.05) is 7.11 Å². The lowest BCUT2D eigenvalue weighted by Crippen LogP contribution is -2.21. The molecule has 0 rings (SSSR count). The van der Waals surface area contributed by atoms with E-state index < -0.39 is 0 Å². The summed E-state index contributed by atoms with van der Waals surface area (Å²) >= 11 is 0. The number of esters is 1. The molecule has 0 saturated heterocycles. The van der Waals surface area contributed by atoms with E-state index in [9.17, 15) is 4.79 Å². The van der Waals surface area contributed by atoms with Crippen LogP contribution in [0.1, 0.15) is 46.5 Å². The largest absolute Gasteiger partial charge is 0.469 e. The zero-order valence-electron chi connectivity index (χ0n) is 11.1. The molecule has 0 aromatic heterocycles. The number of hydrogen-bond donors (Lipinski definition) is 0. The fraction of sp³-hybridized carbons (Fsp3) is 0.769. The first-order chi connectivity index (χ1) is 7.41. The van der Waals surface area contributed by atoms with E-state index in [1.54, 1.807) is 7.11 Å². The van der Waals surface area contributed by atoms with Gasteiger partial charge in [-0.1, -0.05) is 11.6 Å². The molecule has 0 aromatic carbocycles. The Bertz CT molecular complexity index is 242. The summed E-state index contributed by atoms with van der Waals surface area (Å²) in [5.41, 5.74) is 1.18. The third-order valence-corrected chi connectivity index (χ3v) is 2.75. The van der Waals surface area contributed by atoms with Crippen LogP contribution in [0, 0.1) is 0 Å². The average molecular weight is 228 g/mol. The van der Waals surface area contributed by atoms with Crippen molar-refractivity contribution < 1.29 is 14.3 Å². The average Bonchev–Trinajstić information content (AvgIpc) is 2.25. The van der Waals surface area contributed by atoms with Crippen LogP contribution in [0.2, 0.25) is 0 Å². The third-order valence-electron chi connectivity index (χ3n) is 2.75. The SMILES string of the molecule is COC(=O)C/C=C(\C)CCCC(C)(C)OC. The smallest absolute Gasteiger partial charge is 0.309 e. The third kappa shape index (κ3) is 7.46. The molecule has 0 radical (unpaired) electrons. The van der Waals surface area contributed by atoms with Crippen molar-refractivity contribution in [3.63, 3.8) is 0 Å². The molecule has 0 aliphatic heterocycles. The summed E-state index contributed by atoms with van der Waals surface area (Å²) in [6, 6.07) is 0. The zero-order valence-corrected chi connectivity index (χ0v) is 11.1. The molecule has 0 fully saturated rings. The van der Waals surface area contributed by atoms with Crippen LogP contribution < -0.4 is 0 Å². The van der Waals surface area contributed by atoms with Gasteiger partial charge in [0.1, 0.15) is 0 Å². The summed E-state index contributed by atoms with van der Waals surface area (Å²) in [5.74, 6) is -0.184. The van der Waals surface area contributed by atoms with E-state index in [1.165, 1.54) is 12.7 Å². The predicted molar refractivity (Wildman–Crippen MR) is 65.3 cm³/mol. The molecular formula is C13H24O3. The quantitative estimate of drug-likeness (QED) is 0.496. The van der Waals surface area contributed by atoms with Crippen molar-refractivity contribution in [2.45, 2.75) is 52.1 Å². The van der Waals surface area contributed by atoms with Crippen molar-refractivity contribution in [1.29, 1.82) is 0 Å². The van der Waals surface area contributed by atoms with E-state index in [1.807, 2.05) is 13.0 Å². The molecular weight excluding hydrogens is 204 g/mol. The van der Waals surface area contributed by atoms with Crippen LogP contribution in [0.15, 0.2) is 11.6 Å². The van der Waals surface area contributed by atoms with Crippen LogP contribution in [-0.4, -0.2) is 25.8 Å². The topological polar surface area (TPSA) is 35.5 Å². The molecule has 0 heterocycles. The molecule has 94 valence electrons. The number of carbonyl (C=O) groups excluding carboxylic acids is 1. The van der Waals surface area contributed by atoms with Gasteiger partial charge in [-0.15, -0.1) is 0 Å². The summed E-state index contributed by atoms with van der Waals surface area (Å²) in [7, 11) is 3.15. The lowest BCUT2D eigenvalue weighted by molar-refractivity contribution is -0.139. The highest BCUT2D eigenvalue weighted by atomic mass is 16.5. The highest BCUT2D eigenvalue weighted by Crippen LogP contribution is 2.18. The molecule has 0 aliphatic carbocycles. The summed E-state index contributed by atoms with van der Waals surface area (Å²) in [6.45, 7) is 6.21. The lowest BCUT2D eigenvalue weighted by atomic mass is 9.99. The van der Waals surface area contributed by atoms with E-state index in [-0.39, 0.29) is 11.6 Å². The molecule has 0 amide bonds. The Morgan fingerprint density at radius 1 is 1.31 bits per heavy atom. The number of allylic oxidation sites excluding steroid dienone is 1. The van der Waals surface area contributed by atoms with Gasteiger partial charge in [0.2, 0.25) is 0 Å². The minimum absolute atomic E-state index is 0.0529. The molecule has 0 aliphatic rings. The minimum Gasteiger partial charge on any atom is -0.469 e. The predicted octanol–water partition coefficient (Wildman–Crippen LogP) is 3.09. The summed E-state index contributed by atoms with van der Waals surface area (Å²) in [4.78, 5) is 10.9. The second kappa shape index (κ2) is 7.44. The summed E-state index contributed by atoms with van der Waals surface area (Å²) in [5, 5.41) is 0. The normalized spacial score (nSPS) is 12.7. The molecule has 0 saturated carbocycles.